The number of nitrogens with zero attached hydrogens (tertiary/aromatic N) is 7. The lowest BCUT2D eigenvalue weighted by Gasteiger charge is -2.43. The molecule has 156 valence electrons. The third-order valence-electron chi connectivity index (χ3n) is 6.24. The fourth-order valence-corrected chi connectivity index (χ4v) is 4.62. The van der Waals surface area contributed by atoms with Crippen molar-refractivity contribution >= 4 is 5.82 Å². The van der Waals surface area contributed by atoms with E-state index in [4.69, 9.17) is 0 Å². The van der Waals surface area contributed by atoms with Crippen LogP contribution >= 0.6 is 0 Å². The summed E-state index contributed by atoms with van der Waals surface area (Å²) in [6.07, 6.45) is 9.46. The van der Waals surface area contributed by atoms with E-state index in [1.165, 1.54) is 19.3 Å². The molecule has 2 saturated heterocycles. The van der Waals surface area contributed by atoms with Gasteiger partial charge in [0.1, 0.15) is 12.1 Å². The Hall–Kier alpha value is -3.07. The van der Waals surface area contributed by atoms with Crippen molar-refractivity contribution < 1.29 is 5.11 Å². The average Bonchev–Trinajstić information content (AvgIpc) is 3.19. The van der Waals surface area contributed by atoms with E-state index in [0.29, 0.717) is 35.3 Å². The van der Waals surface area contributed by atoms with Gasteiger partial charge in [-0.3, -0.25) is 4.68 Å². The van der Waals surface area contributed by atoms with Gasteiger partial charge in [-0.2, -0.15) is 5.10 Å². The van der Waals surface area contributed by atoms with Crippen molar-refractivity contribution in [2.45, 2.75) is 50.2 Å². The summed E-state index contributed by atoms with van der Waals surface area (Å²) < 4.78 is 1.62. The summed E-state index contributed by atoms with van der Waals surface area (Å²) in [6, 6.07) is 6.91. The van der Waals surface area contributed by atoms with Gasteiger partial charge in [0.05, 0.1) is 11.8 Å². The Bertz CT molecular complexity index is 1020. The van der Waals surface area contributed by atoms with Crippen molar-refractivity contribution in [2.24, 2.45) is 7.05 Å². The third-order valence-corrected chi connectivity index (χ3v) is 6.24. The van der Waals surface area contributed by atoms with Crippen molar-refractivity contribution in [3.05, 3.63) is 30.7 Å². The Morgan fingerprint density at radius 2 is 1.90 bits per heavy atom. The Balaban J connectivity index is 1.33. The van der Waals surface area contributed by atoms with Gasteiger partial charge in [0.25, 0.3) is 0 Å². The molecular formula is C21H26N8O. The molecule has 0 aliphatic carbocycles. The van der Waals surface area contributed by atoms with Crippen molar-refractivity contribution in [2.75, 3.05) is 11.9 Å². The molecule has 2 bridgehead atoms. The van der Waals surface area contributed by atoms with Crippen LogP contribution in [0.15, 0.2) is 30.7 Å². The lowest BCUT2D eigenvalue weighted by molar-refractivity contribution is 0.219. The van der Waals surface area contributed by atoms with Crippen LogP contribution in [0.2, 0.25) is 0 Å². The molecule has 1 unspecified atom stereocenters. The first kappa shape index (κ1) is 18.9. The minimum absolute atomic E-state index is 0.0778. The minimum Gasteiger partial charge on any atom is -0.507 e. The third kappa shape index (κ3) is 3.60. The fraction of sp³-hybridized carbons (Fsp3) is 0.476. The van der Waals surface area contributed by atoms with Gasteiger partial charge in [-0.15, -0.1) is 10.2 Å². The van der Waals surface area contributed by atoms with Crippen LogP contribution in [0.25, 0.3) is 22.8 Å². The predicted octanol–water partition coefficient (Wildman–Crippen LogP) is 2.15. The minimum atomic E-state index is 0.0778. The van der Waals surface area contributed by atoms with Crippen LogP contribution in [0.1, 0.15) is 32.1 Å². The molecule has 3 atom stereocenters. The Morgan fingerprint density at radius 1 is 1.10 bits per heavy atom. The Kier molecular flexibility index (Phi) is 4.82. The second-order valence-electron chi connectivity index (χ2n) is 8.34. The first-order valence-electron chi connectivity index (χ1n) is 10.4. The van der Waals surface area contributed by atoms with Crippen LogP contribution in [-0.2, 0) is 7.05 Å². The number of aromatic nitrogens is 6. The topological polar surface area (TPSA) is 105 Å². The quantitative estimate of drug-likeness (QED) is 0.679. The maximum atomic E-state index is 10.5. The highest BCUT2D eigenvalue weighted by Gasteiger charge is 2.33. The summed E-state index contributed by atoms with van der Waals surface area (Å²) in [5.74, 6) is 1.79. The number of benzene rings is 1. The van der Waals surface area contributed by atoms with Gasteiger partial charge >= 0.3 is 0 Å². The summed E-state index contributed by atoms with van der Waals surface area (Å²) in [5, 5.41) is 27.2. The first-order valence-corrected chi connectivity index (χ1v) is 10.4. The number of nitrogens with one attached hydrogen (secondary N) is 1. The second kappa shape index (κ2) is 7.64. The van der Waals surface area contributed by atoms with Crippen LogP contribution in [0.3, 0.4) is 0 Å². The normalized spacial score (nSPS) is 23.3. The van der Waals surface area contributed by atoms with E-state index < -0.39 is 0 Å². The summed E-state index contributed by atoms with van der Waals surface area (Å²) >= 11 is 0. The molecule has 0 saturated carbocycles. The molecule has 2 aliphatic heterocycles. The number of aromatic hydroxyl groups is 1. The SMILES string of the molecule is CN(c1cnc(-c2ccc(-c3ncn(C)n3)cc2O)nn1)C1C[C@H]2CCC[C@@H](C1)N2. The molecule has 4 heterocycles. The Labute approximate surface area is 175 Å². The van der Waals surface area contributed by atoms with Crippen molar-refractivity contribution in [1.29, 1.82) is 0 Å². The highest BCUT2D eigenvalue weighted by molar-refractivity contribution is 5.70. The number of hydrogen-bond donors (Lipinski definition) is 2. The van der Waals surface area contributed by atoms with Crippen molar-refractivity contribution in [3.8, 4) is 28.5 Å². The second-order valence-corrected chi connectivity index (χ2v) is 8.34. The maximum Gasteiger partial charge on any atom is 0.185 e. The first-order chi connectivity index (χ1) is 14.6. The van der Waals surface area contributed by atoms with Gasteiger partial charge in [0.2, 0.25) is 0 Å². The summed E-state index contributed by atoms with van der Waals surface area (Å²) in [5.41, 5.74) is 1.27. The van der Waals surface area contributed by atoms with E-state index in [-0.39, 0.29) is 5.75 Å². The molecular weight excluding hydrogens is 380 g/mol. The van der Waals surface area contributed by atoms with Crippen LogP contribution in [0.4, 0.5) is 5.82 Å². The number of hydrogen-bond acceptors (Lipinski definition) is 8. The maximum absolute atomic E-state index is 10.5. The zero-order chi connectivity index (χ0) is 20.7. The van der Waals surface area contributed by atoms with E-state index in [0.717, 1.165) is 24.2 Å². The van der Waals surface area contributed by atoms with Crippen molar-refractivity contribution in [3.63, 3.8) is 0 Å². The zero-order valence-corrected chi connectivity index (χ0v) is 17.2. The van der Waals surface area contributed by atoms with Crippen molar-refractivity contribution in [1.82, 2.24) is 35.3 Å². The smallest absolute Gasteiger partial charge is 0.185 e. The lowest BCUT2D eigenvalue weighted by Crippen LogP contribution is -2.54. The Morgan fingerprint density at radius 3 is 2.53 bits per heavy atom. The van der Waals surface area contributed by atoms with E-state index in [2.05, 4.69) is 42.5 Å². The average molecular weight is 406 g/mol. The number of fused-ring (bicyclic) bond motifs is 2. The summed E-state index contributed by atoms with van der Waals surface area (Å²) in [6.45, 7) is 0. The number of aryl methyl sites for hydroxylation is 1. The predicted molar refractivity (Wildman–Crippen MR) is 113 cm³/mol. The molecule has 2 N–H and O–H groups in total. The molecule has 3 aromatic rings. The van der Waals surface area contributed by atoms with Gasteiger partial charge in [-0.1, -0.05) is 12.5 Å². The van der Waals surface area contributed by atoms with Crippen LogP contribution in [0.5, 0.6) is 5.75 Å². The molecule has 2 aliphatic rings. The molecule has 0 amide bonds. The molecule has 0 spiro atoms. The van der Waals surface area contributed by atoms with Crippen LogP contribution < -0.4 is 10.2 Å². The molecule has 2 aromatic heterocycles. The molecule has 5 rings (SSSR count). The standard InChI is InChI=1S/C21H26N8O/c1-28-12-23-20(27-28)13-6-7-17(18(30)8-13)21-22-11-19(25-26-21)29(2)16-9-14-4-3-5-15(10-16)24-14/h6-8,11-12,14-16,24,30H,3-5,9-10H2,1-2H3/t14-,15+,16?. The number of anilines is 1. The number of phenolic OH excluding ortho intramolecular Hbond substituents is 1. The molecule has 1 aromatic carbocycles. The van der Waals surface area contributed by atoms with Gasteiger partial charge in [0.15, 0.2) is 17.5 Å². The van der Waals surface area contributed by atoms with Gasteiger partial charge in [-0.25, -0.2) is 9.97 Å². The molecule has 9 nitrogen and oxygen atoms in total. The highest BCUT2D eigenvalue weighted by atomic mass is 16.3. The van der Waals surface area contributed by atoms with E-state index >= 15 is 0 Å². The van der Waals surface area contributed by atoms with E-state index in [1.807, 2.05) is 6.07 Å². The fourth-order valence-electron chi connectivity index (χ4n) is 4.62. The number of piperidine rings is 2. The number of phenols is 1. The molecule has 30 heavy (non-hydrogen) atoms. The summed E-state index contributed by atoms with van der Waals surface area (Å²) in [7, 11) is 3.88. The van der Waals surface area contributed by atoms with E-state index in [1.54, 1.807) is 36.4 Å². The van der Waals surface area contributed by atoms with Crippen LogP contribution in [0, 0.1) is 0 Å². The molecule has 0 radical (unpaired) electrons. The van der Waals surface area contributed by atoms with E-state index in [9.17, 15) is 5.11 Å². The largest absolute Gasteiger partial charge is 0.507 e. The molecule has 9 heteroatoms. The lowest BCUT2D eigenvalue weighted by atomic mass is 9.83. The molecule has 2 fully saturated rings. The zero-order valence-electron chi connectivity index (χ0n) is 17.2. The highest BCUT2D eigenvalue weighted by Crippen LogP contribution is 2.32. The van der Waals surface area contributed by atoms with Gasteiger partial charge in [-0.05, 0) is 37.8 Å². The summed E-state index contributed by atoms with van der Waals surface area (Å²) in [4.78, 5) is 10.9. The van der Waals surface area contributed by atoms with Gasteiger partial charge in [0, 0.05) is 37.8 Å². The number of rotatable bonds is 4. The monoisotopic (exact) mass is 406 g/mol. The van der Waals surface area contributed by atoms with Crippen LogP contribution in [-0.4, -0.2) is 60.2 Å². The van der Waals surface area contributed by atoms with Gasteiger partial charge < -0.3 is 15.3 Å².